The fourth-order valence-corrected chi connectivity index (χ4v) is 10.3. The molecule has 276 valence electrons. The van der Waals surface area contributed by atoms with Gasteiger partial charge in [0.15, 0.2) is 0 Å². The highest BCUT2D eigenvalue weighted by molar-refractivity contribution is 6.00. The highest BCUT2D eigenvalue weighted by Crippen LogP contribution is 2.58. The summed E-state index contributed by atoms with van der Waals surface area (Å²) in [5, 5.41) is 2.51. The lowest BCUT2D eigenvalue weighted by Gasteiger charge is -2.30. The Hall–Kier alpha value is -6.96. The maximum absolute atomic E-state index is 2.51. The van der Waals surface area contributed by atoms with Crippen LogP contribution in [0, 0.1) is 0 Å². The van der Waals surface area contributed by atoms with E-state index in [0.717, 1.165) is 17.1 Å². The van der Waals surface area contributed by atoms with Crippen molar-refractivity contribution in [3.63, 3.8) is 0 Å². The third-order valence-corrected chi connectivity index (χ3v) is 12.8. The molecule has 9 aromatic carbocycles. The lowest BCUT2D eigenvalue weighted by atomic mass is 9.77. The summed E-state index contributed by atoms with van der Waals surface area (Å²) in [7, 11) is 0. The minimum absolute atomic E-state index is 0.118. The van der Waals surface area contributed by atoms with E-state index in [1.54, 1.807) is 0 Å². The van der Waals surface area contributed by atoms with Gasteiger partial charge in [-0.15, -0.1) is 0 Å². The number of rotatable bonds is 7. The van der Waals surface area contributed by atoms with Gasteiger partial charge in [0, 0.05) is 22.4 Å². The zero-order valence-corrected chi connectivity index (χ0v) is 32.5. The Balaban J connectivity index is 1.14. The van der Waals surface area contributed by atoms with E-state index in [2.05, 4.69) is 217 Å². The third-order valence-electron chi connectivity index (χ3n) is 12.8. The second kappa shape index (κ2) is 14.2. The molecule has 2 aliphatic rings. The fraction of sp³-hybridized carbons (Fsp3) is 0.0877. The third kappa shape index (κ3) is 5.61. The van der Waals surface area contributed by atoms with Gasteiger partial charge in [-0.3, -0.25) is 0 Å². The number of anilines is 3. The largest absolute Gasteiger partial charge is 0.310 e. The van der Waals surface area contributed by atoms with E-state index in [1.165, 1.54) is 103 Å². The monoisotopic (exact) mass is 741 g/mol. The van der Waals surface area contributed by atoms with Crippen molar-refractivity contribution in [3.05, 3.63) is 223 Å². The van der Waals surface area contributed by atoms with Gasteiger partial charge in [-0.25, -0.2) is 0 Å². The quantitative estimate of drug-likeness (QED) is 0.157. The lowest BCUT2D eigenvalue weighted by Crippen LogP contribution is -2.20. The second-order valence-electron chi connectivity index (χ2n) is 16.0. The van der Waals surface area contributed by atoms with Crippen molar-refractivity contribution < 1.29 is 0 Å². The van der Waals surface area contributed by atoms with Gasteiger partial charge in [-0.05, 0) is 115 Å². The first-order valence-electron chi connectivity index (χ1n) is 20.7. The number of hydrogen-bond acceptors (Lipinski definition) is 1. The predicted molar refractivity (Wildman–Crippen MR) is 245 cm³/mol. The van der Waals surface area contributed by atoms with Crippen molar-refractivity contribution in [2.24, 2.45) is 0 Å². The van der Waals surface area contributed by atoms with Crippen molar-refractivity contribution in [1.29, 1.82) is 0 Å². The molecule has 1 saturated carbocycles. The van der Waals surface area contributed by atoms with Crippen molar-refractivity contribution in [2.45, 2.75) is 31.1 Å². The summed E-state index contributed by atoms with van der Waals surface area (Å²) in [6.45, 7) is 0. The van der Waals surface area contributed by atoms with Gasteiger partial charge in [0.25, 0.3) is 0 Å². The molecule has 9 aromatic rings. The van der Waals surface area contributed by atoms with Gasteiger partial charge in [0.1, 0.15) is 0 Å². The first-order chi connectivity index (χ1) is 28.8. The molecule has 2 aliphatic carbocycles. The van der Waals surface area contributed by atoms with E-state index in [4.69, 9.17) is 0 Å². The van der Waals surface area contributed by atoms with Crippen molar-refractivity contribution in [3.8, 4) is 55.6 Å². The molecule has 0 atom stereocenters. The van der Waals surface area contributed by atoms with E-state index in [0.29, 0.717) is 0 Å². The molecule has 1 spiro atoms. The molecule has 1 fully saturated rings. The molecule has 0 aromatic heterocycles. The minimum Gasteiger partial charge on any atom is -0.310 e. The average molecular weight is 742 g/mol. The summed E-state index contributed by atoms with van der Waals surface area (Å²) in [4.78, 5) is 2.51. The van der Waals surface area contributed by atoms with Crippen LogP contribution in [-0.4, -0.2) is 0 Å². The zero-order valence-electron chi connectivity index (χ0n) is 32.5. The number of benzene rings is 9. The van der Waals surface area contributed by atoms with Gasteiger partial charge >= 0.3 is 0 Å². The van der Waals surface area contributed by atoms with Gasteiger partial charge in [-0.2, -0.15) is 0 Å². The highest BCUT2D eigenvalue weighted by atomic mass is 15.1. The number of nitrogens with zero attached hydrogens (tertiary/aromatic N) is 1. The molecular weight excluding hydrogens is 699 g/mol. The molecule has 0 unspecified atom stereocenters. The molecule has 0 amide bonds. The van der Waals surface area contributed by atoms with Crippen molar-refractivity contribution in [2.75, 3.05) is 4.90 Å². The molecule has 0 bridgehead atoms. The van der Waals surface area contributed by atoms with Gasteiger partial charge in [0.2, 0.25) is 0 Å². The minimum atomic E-state index is 0.118. The summed E-state index contributed by atoms with van der Waals surface area (Å²) in [5.74, 6) is 0. The molecule has 0 N–H and O–H groups in total. The summed E-state index contributed by atoms with van der Waals surface area (Å²) >= 11 is 0. The topological polar surface area (TPSA) is 3.24 Å². The van der Waals surface area contributed by atoms with Crippen LogP contribution in [-0.2, 0) is 5.41 Å². The fourth-order valence-electron chi connectivity index (χ4n) is 10.3. The van der Waals surface area contributed by atoms with Gasteiger partial charge in [-0.1, -0.05) is 195 Å². The van der Waals surface area contributed by atoms with E-state index in [1.807, 2.05) is 0 Å². The number of para-hydroxylation sites is 1. The molecular formula is C57H43N. The smallest absolute Gasteiger partial charge is 0.0540 e. The maximum atomic E-state index is 2.51. The molecule has 0 saturated heterocycles. The van der Waals surface area contributed by atoms with E-state index < -0.39 is 0 Å². The lowest BCUT2D eigenvalue weighted by molar-refractivity contribution is 0.550. The van der Waals surface area contributed by atoms with E-state index in [9.17, 15) is 0 Å². The van der Waals surface area contributed by atoms with Crippen LogP contribution in [0.2, 0.25) is 0 Å². The Morgan fingerprint density at radius 2 is 0.862 bits per heavy atom. The van der Waals surface area contributed by atoms with Crippen LogP contribution in [0.3, 0.4) is 0 Å². The molecule has 1 nitrogen and oxygen atoms in total. The van der Waals surface area contributed by atoms with Crippen LogP contribution in [0.15, 0.2) is 212 Å². The van der Waals surface area contributed by atoms with Gasteiger partial charge in [0.05, 0.1) is 5.69 Å². The van der Waals surface area contributed by atoms with Crippen LogP contribution in [0.4, 0.5) is 17.1 Å². The van der Waals surface area contributed by atoms with Crippen molar-refractivity contribution in [1.82, 2.24) is 0 Å². The molecule has 0 heterocycles. The Labute approximate surface area is 341 Å². The van der Waals surface area contributed by atoms with Crippen LogP contribution < -0.4 is 4.90 Å². The van der Waals surface area contributed by atoms with Crippen molar-refractivity contribution >= 4 is 27.8 Å². The SMILES string of the molecule is c1ccc(-c2ccccc2-c2ccccc2-c2ccccc2N(c2cccc(-c3cccc4ccccc34)c2)c2ccc3c(c2)-c2ccccc2C32CCCC2)cc1. The normalized spacial score (nSPS) is 13.7. The molecule has 11 rings (SSSR count). The summed E-state index contributed by atoms with van der Waals surface area (Å²) in [6, 6.07) is 78.5. The Bertz CT molecular complexity index is 2960. The van der Waals surface area contributed by atoms with Crippen LogP contribution >= 0.6 is 0 Å². The Morgan fingerprint density at radius 3 is 1.67 bits per heavy atom. The summed E-state index contributed by atoms with van der Waals surface area (Å²) in [6.07, 6.45) is 5.00. The Morgan fingerprint density at radius 1 is 0.328 bits per heavy atom. The van der Waals surface area contributed by atoms with E-state index in [-0.39, 0.29) is 5.41 Å². The summed E-state index contributed by atoms with van der Waals surface area (Å²) in [5.41, 5.74) is 19.0. The second-order valence-corrected chi connectivity index (χ2v) is 16.0. The molecule has 1 heteroatoms. The molecule has 0 radical (unpaired) electrons. The van der Waals surface area contributed by atoms with Crippen LogP contribution in [0.1, 0.15) is 36.8 Å². The number of fused-ring (bicyclic) bond motifs is 6. The zero-order chi connectivity index (χ0) is 38.5. The number of hydrogen-bond donors (Lipinski definition) is 0. The Kier molecular flexibility index (Phi) is 8.40. The van der Waals surface area contributed by atoms with Crippen LogP contribution in [0.5, 0.6) is 0 Å². The maximum Gasteiger partial charge on any atom is 0.0540 e. The summed E-state index contributed by atoms with van der Waals surface area (Å²) < 4.78 is 0. The first kappa shape index (κ1) is 34.3. The standard InChI is InChI=1S/C57H43N/c1-2-18-40(19-3-1)46-25-6-7-26-48(46)49-27-8-9-28-50(49)52-30-11-13-33-56(52)58(43-23-16-22-42(38-43)47-31-17-21-41-20-4-5-24-45(41)47)44-34-35-55-53(39-44)51-29-10-12-32-54(51)57(55)36-14-15-37-57/h1-13,16-35,38-39H,14-15,36-37H2. The highest BCUT2D eigenvalue weighted by Gasteiger charge is 2.45. The predicted octanol–water partition coefficient (Wildman–Crippen LogP) is 15.8. The molecule has 58 heavy (non-hydrogen) atoms. The average Bonchev–Trinajstić information content (AvgIpc) is 3.90. The van der Waals surface area contributed by atoms with Gasteiger partial charge < -0.3 is 4.90 Å². The first-order valence-corrected chi connectivity index (χ1v) is 20.7. The van der Waals surface area contributed by atoms with Crippen LogP contribution in [0.25, 0.3) is 66.4 Å². The molecule has 0 aliphatic heterocycles. The van der Waals surface area contributed by atoms with E-state index >= 15 is 0 Å².